The van der Waals surface area contributed by atoms with Crippen LogP contribution in [0.2, 0.25) is 0 Å². The van der Waals surface area contributed by atoms with Crippen LogP contribution in [-0.2, 0) is 11.4 Å². The van der Waals surface area contributed by atoms with E-state index in [-0.39, 0.29) is 5.57 Å². The lowest BCUT2D eigenvalue weighted by Gasteiger charge is -2.08. The summed E-state index contributed by atoms with van der Waals surface area (Å²) in [5, 5.41) is 12.2. The molecule has 3 aromatic rings. The van der Waals surface area contributed by atoms with Crippen LogP contribution in [0.25, 0.3) is 6.08 Å². The minimum atomic E-state index is -0.434. The lowest BCUT2D eigenvalue weighted by molar-refractivity contribution is -0.112. The second-order valence-electron chi connectivity index (χ2n) is 6.91. The van der Waals surface area contributed by atoms with E-state index < -0.39 is 5.91 Å². The normalized spacial score (nSPS) is 10.9. The van der Waals surface area contributed by atoms with E-state index in [1.54, 1.807) is 6.08 Å². The molecule has 5 heteroatoms. The molecule has 0 spiro atoms. The summed E-state index contributed by atoms with van der Waals surface area (Å²) in [6.07, 6.45) is 1.56. The maximum absolute atomic E-state index is 12.5. The van der Waals surface area contributed by atoms with Crippen molar-refractivity contribution in [3.05, 3.63) is 99.0 Å². The Kier molecular flexibility index (Phi) is 7.05. The molecule has 1 N–H and O–H groups in total. The van der Waals surface area contributed by atoms with Crippen molar-refractivity contribution in [2.45, 2.75) is 20.5 Å². The molecule has 0 aliphatic heterocycles. The molecule has 0 aromatic heterocycles. The molecule has 0 saturated carbocycles. The third-order valence-corrected chi connectivity index (χ3v) is 5.17. The van der Waals surface area contributed by atoms with E-state index in [4.69, 9.17) is 4.74 Å². The van der Waals surface area contributed by atoms with Gasteiger partial charge in [0.1, 0.15) is 24.0 Å². The van der Waals surface area contributed by atoms with Gasteiger partial charge in [0.25, 0.3) is 5.91 Å². The molecule has 30 heavy (non-hydrogen) atoms. The number of benzene rings is 3. The third-order valence-electron chi connectivity index (χ3n) is 4.64. The van der Waals surface area contributed by atoms with E-state index in [0.29, 0.717) is 18.0 Å². The number of hydrogen-bond acceptors (Lipinski definition) is 3. The molecule has 0 aliphatic rings. The Bertz CT molecular complexity index is 1110. The molecule has 0 radical (unpaired) electrons. The average Bonchev–Trinajstić information content (AvgIpc) is 2.75. The first kappa shape index (κ1) is 21.4. The van der Waals surface area contributed by atoms with Gasteiger partial charge in [-0.25, -0.2) is 0 Å². The van der Waals surface area contributed by atoms with Crippen LogP contribution in [0.5, 0.6) is 5.75 Å². The predicted molar refractivity (Wildman–Crippen MR) is 123 cm³/mol. The Morgan fingerprint density at radius 1 is 1.03 bits per heavy atom. The van der Waals surface area contributed by atoms with Crippen molar-refractivity contribution < 1.29 is 9.53 Å². The highest BCUT2D eigenvalue weighted by Crippen LogP contribution is 2.19. The van der Waals surface area contributed by atoms with Crippen LogP contribution >= 0.6 is 15.9 Å². The number of carbonyl (C=O) groups excluding carboxylic acids is 1. The quantitative estimate of drug-likeness (QED) is 0.352. The fourth-order valence-corrected chi connectivity index (χ4v) is 3.00. The van der Waals surface area contributed by atoms with Gasteiger partial charge in [-0.05, 0) is 78.6 Å². The van der Waals surface area contributed by atoms with E-state index in [0.717, 1.165) is 26.7 Å². The van der Waals surface area contributed by atoms with Gasteiger partial charge in [0.15, 0.2) is 0 Å². The fourth-order valence-electron chi connectivity index (χ4n) is 2.74. The van der Waals surface area contributed by atoms with Crippen LogP contribution in [0.15, 0.2) is 76.8 Å². The van der Waals surface area contributed by atoms with Gasteiger partial charge in [0, 0.05) is 10.2 Å². The zero-order chi connectivity index (χ0) is 21.5. The number of nitrogens with zero attached hydrogens (tertiary/aromatic N) is 1. The summed E-state index contributed by atoms with van der Waals surface area (Å²) in [6, 6.07) is 22.8. The number of hydrogen-bond donors (Lipinski definition) is 1. The summed E-state index contributed by atoms with van der Waals surface area (Å²) in [5.41, 5.74) is 4.74. The van der Waals surface area contributed by atoms with E-state index in [1.807, 2.05) is 86.6 Å². The summed E-state index contributed by atoms with van der Waals surface area (Å²) < 4.78 is 6.81. The molecule has 0 unspecified atom stereocenters. The van der Waals surface area contributed by atoms with E-state index in [2.05, 4.69) is 21.2 Å². The number of ether oxygens (including phenoxy) is 1. The van der Waals surface area contributed by atoms with Crippen molar-refractivity contribution in [3.63, 3.8) is 0 Å². The van der Waals surface area contributed by atoms with Crippen LogP contribution in [0.4, 0.5) is 5.69 Å². The van der Waals surface area contributed by atoms with Crippen LogP contribution in [0.1, 0.15) is 22.3 Å². The number of carbonyl (C=O) groups is 1. The van der Waals surface area contributed by atoms with Gasteiger partial charge < -0.3 is 10.1 Å². The van der Waals surface area contributed by atoms with Gasteiger partial charge in [-0.1, -0.05) is 46.3 Å². The molecule has 1 amide bonds. The summed E-state index contributed by atoms with van der Waals surface area (Å²) in [7, 11) is 0. The average molecular weight is 461 g/mol. The largest absolute Gasteiger partial charge is 0.489 e. The van der Waals surface area contributed by atoms with Gasteiger partial charge in [-0.15, -0.1) is 0 Å². The van der Waals surface area contributed by atoms with Gasteiger partial charge >= 0.3 is 0 Å². The third kappa shape index (κ3) is 5.82. The van der Waals surface area contributed by atoms with Crippen molar-refractivity contribution in [1.82, 2.24) is 0 Å². The molecule has 4 nitrogen and oxygen atoms in total. The second-order valence-corrected chi connectivity index (χ2v) is 7.82. The number of rotatable bonds is 6. The molecule has 0 saturated heterocycles. The molecule has 3 aromatic carbocycles. The zero-order valence-electron chi connectivity index (χ0n) is 16.8. The smallest absolute Gasteiger partial charge is 0.266 e. The molecular formula is C25H21BrN2O2. The number of nitrogens with one attached hydrogen (secondary N) is 1. The van der Waals surface area contributed by atoms with Crippen LogP contribution in [0.3, 0.4) is 0 Å². The minimum absolute atomic E-state index is 0.0387. The molecule has 3 rings (SSSR count). The standard InChI is InChI=1S/C25H21BrN2O2/c1-17-3-10-23(13-18(17)2)28-25(29)21(15-27)14-19-6-11-24(12-7-19)30-16-20-4-8-22(26)9-5-20/h3-14H,16H2,1-2H3,(H,28,29)/b21-14+. The molecule has 0 bridgehead atoms. The monoisotopic (exact) mass is 460 g/mol. The maximum Gasteiger partial charge on any atom is 0.266 e. The Balaban J connectivity index is 1.64. The van der Waals surface area contributed by atoms with Crippen molar-refractivity contribution in [2.75, 3.05) is 5.32 Å². The Morgan fingerprint density at radius 3 is 2.37 bits per heavy atom. The van der Waals surface area contributed by atoms with Crippen LogP contribution < -0.4 is 10.1 Å². The Hall–Kier alpha value is -3.36. The van der Waals surface area contributed by atoms with Crippen molar-refractivity contribution in [3.8, 4) is 11.8 Å². The van der Waals surface area contributed by atoms with Crippen molar-refractivity contribution >= 4 is 33.6 Å². The first-order valence-corrected chi connectivity index (χ1v) is 10.2. The summed E-state index contributed by atoms with van der Waals surface area (Å²) in [5.74, 6) is 0.282. The SMILES string of the molecule is Cc1ccc(NC(=O)/C(C#N)=C/c2ccc(OCc3ccc(Br)cc3)cc2)cc1C. The van der Waals surface area contributed by atoms with Gasteiger partial charge in [-0.2, -0.15) is 5.26 Å². The highest BCUT2D eigenvalue weighted by molar-refractivity contribution is 9.10. The maximum atomic E-state index is 12.5. The van der Waals surface area contributed by atoms with Crippen LogP contribution in [-0.4, -0.2) is 5.91 Å². The molecule has 0 aliphatic carbocycles. The van der Waals surface area contributed by atoms with Crippen molar-refractivity contribution in [1.29, 1.82) is 5.26 Å². The molecule has 0 heterocycles. The zero-order valence-corrected chi connectivity index (χ0v) is 18.4. The van der Waals surface area contributed by atoms with Crippen molar-refractivity contribution in [2.24, 2.45) is 0 Å². The number of aryl methyl sites for hydroxylation is 2. The Morgan fingerprint density at radius 2 is 1.73 bits per heavy atom. The van der Waals surface area contributed by atoms with E-state index >= 15 is 0 Å². The topological polar surface area (TPSA) is 62.1 Å². The molecule has 0 fully saturated rings. The fraction of sp³-hybridized carbons (Fsp3) is 0.120. The first-order valence-electron chi connectivity index (χ1n) is 9.42. The number of anilines is 1. The predicted octanol–water partition coefficient (Wildman–Crippen LogP) is 6.19. The summed E-state index contributed by atoms with van der Waals surface area (Å²) in [6.45, 7) is 4.45. The Labute approximate surface area is 184 Å². The molecular weight excluding hydrogens is 440 g/mol. The number of halogens is 1. The van der Waals surface area contributed by atoms with Gasteiger partial charge in [0.2, 0.25) is 0 Å². The number of amides is 1. The van der Waals surface area contributed by atoms with E-state index in [1.165, 1.54) is 0 Å². The first-order chi connectivity index (χ1) is 14.4. The number of nitriles is 1. The molecule has 150 valence electrons. The minimum Gasteiger partial charge on any atom is -0.489 e. The highest BCUT2D eigenvalue weighted by Gasteiger charge is 2.10. The van der Waals surface area contributed by atoms with Crippen LogP contribution in [0, 0.1) is 25.2 Å². The lowest BCUT2D eigenvalue weighted by Crippen LogP contribution is -2.13. The van der Waals surface area contributed by atoms with E-state index in [9.17, 15) is 10.1 Å². The van der Waals surface area contributed by atoms with Gasteiger partial charge in [0.05, 0.1) is 0 Å². The summed E-state index contributed by atoms with van der Waals surface area (Å²) >= 11 is 3.41. The molecule has 0 atom stereocenters. The second kappa shape index (κ2) is 9.91. The lowest BCUT2D eigenvalue weighted by atomic mass is 10.1. The summed E-state index contributed by atoms with van der Waals surface area (Å²) in [4.78, 5) is 12.5. The van der Waals surface area contributed by atoms with Gasteiger partial charge in [-0.3, -0.25) is 4.79 Å². The highest BCUT2D eigenvalue weighted by atomic mass is 79.9.